The van der Waals surface area contributed by atoms with Crippen LogP contribution in [-0.4, -0.2) is 45.8 Å². The van der Waals surface area contributed by atoms with E-state index < -0.39 is 11.9 Å². The van der Waals surface area contributed by atoms with Gasteiger partial charge in [0.1, 0.15) is 0 Å². The maximum absolute atomic E-state index is 12.1. The molecule has 2 amide bonds. The molecule has 0 radical (unpaired) electrons. The van der Waals surface area contributed by atoms with Gasteiger partial charge in [0.25, 0.3) is 0 Å². The van der Waals surface area contributed by atoms with Crippen LogP contribution in [0.25, 0.3) is 10.9 Å². The fourth-order valence-corrected chi connectivity index (χ4v) is 2.06. The van der Waals surface area contributed by atoms with Gasteiger partial charge in [-0.1, -0.05) is 13.0 Å². The highest BCUT2D eigenvalue weighted by Crippen LogP contribution is 2.24. The van der Waals surface area contributed by atoms with Gasteiger partial charge in [0, 0.05) is 19.0 Å². The minimum absolute atomic E-state index is 0.138. The van der Waals surface area contributed by atoms with E-state index in [1.807, 2.05) is 13.0 Å². The van der Waals surface area contributed by atoms with Crippen molar-refractivity contribution in [1.29, 1.82) is 0 Å². The molecule has 2 aromatic rings. The zero-order valence-electron chi connectivity index (χ0n) is 12.2. The molecule has 1 heterocycles. The van der Waals surface area contributed by atoms with Crippen molar-refractivity contribution in [2.75, 3.05) is 18.9 Å². The summed E-state index contributed by atoms with van der Waals surface area (Å²) >= 11 is 0. The normalized spacial score (nSPS) is 12.1. The predicted molar refractivity (Wildman–Crippen MR) is 79.3 cm³/mol. The molecular weight excluding hydrogens is 272 g/mol. The number of amides is 2. The van der Waals surface area contributed by atoms with Crippen molar-refractivity contribution in [3.63, 3.8) is 0 Å². The number of anilines is 1. The first-order chi connectivity index (χ1) is 9.90. The molecule has 0 aliphatic carbocycles. The maximum Gasteiger partial charge on any atom is 0.321 e. The third-order valence-electron chi connectivity index (χ3n) is 3.39. The van der Waals surface area contributed by atoms with Crippen molar-refractivity contribution in [2.24, 2.45) is 5.92 Å². The number of nitrogens with one attached hydrogen (secondary N) is 2. The summed E-state index contributed by atoms with van der Waals surface area (Å²) in [6, 6.07) is 3.33. The van der Waals surface area contributed by atoms with Crippen LogP contribution in [-0.2, 0) is 4.79 Å². The van der Waals surface area contributed by atoms with Gasteiger partial charge in [-0.3, -0.25) is 9.89 Å². The summed E-state index contributed by atoms with van der Waals surface area (Å²) in [6.07, 6.45) is 1.70. The van der Waals surface area contributed by atoms with Crippen LogP contribution in [0.5, 0.6) is 0 Å². The zero-order chi connectivity index (χ0) is 15.6. The Kier molecular flexibility index (Phi) is 4.11. The average molecular weight is 290 g/mol. The topological polar surface area (TPSA) is 98.3 Å². The van der Waals surface area contributed by atoms with Gasteiger partial charge in [-0.25, -0.2) is 4.79 Å². The second-order valence-electron chi connectivity index (χ2n) is 5.14. The zero-order valence-corrected chi connectivity index (χ0v) is 12.2. The van der Waals surface area contributed by atoms with Crippen LogP contribution < -0.4 is 5.32 Å². The number of hydrogen-bond donors (Lipinski definition) is 3. The second kappa shape index (κ2) is 5.82. The Morgan fingerprint density at radius 2 is 2.19 bits per heavy atom. The fourth-order valence-electron chi connectivity index (χ4n) is 2.06. The molecule has 2 rings (SSSR count). The van der Waals surface area contributed by atoms with E-state index in [9.17, 15) is 9.59 Å². The van der Waals surface area contributed by atoms with Crippen LogP contribution in [0, 0.1) is 12.8 Å². The van der Waals surface area contributed by atoms with Gasteiger partial charge in [-0.2, -0.15) is 5.10 Å². The summed E-state index contributed by atoms with van der Waals surface area (Å²) in [4.78, 5) is 24.3. The number of H-pyrrole nitrogens is 1. The average Bonchev–Trinajstić information content (AvgIpc) is 2.92. The first-order valence-electron chi connectivity index (χ1n) is 6.57. The van der Waals surface area contributed by atoms with Gasteiger partial charge < -0.3 is 15.3 Å². The lowest BCUT2D eigenvalue weighted by molar-refractivity contribution is -0.141. The highest BCUT2D eigenvalue weighted by Gasteiger charge is 2.18. The molecular formula is C14H18N4O3. The third-order valence-corrected chi connectivity index (χ3v) is 3.39. The highest BCUT2D eigenvalue weighted by atomic mass is 16.4. The SMILES string of the molecule is Cc1ccc(NC(=O)N(C)CC(C)C(=O)O)c2[nH]ncc12. The number of benzene rings is 1. The molecule has 1 aromatic carbocycles. The molecule has 0 fully saturated rings. The van der Waals surface area contributed by atoms with Crippen molar-refractivity contribution in [1.82, 2.24) is 15.1 Å². The largest absolute Gasteiger partial charge is 0.481 e. The number of nitrogens with zero attached hydrogens (tertiary/aromatic N) is 2. The van der Waals surface area contributed by atoms with Crippen LogP contribution in [0.1, 0.15) is 12.5 Å². The molecule has 7 nitrogen and oxygen atoms in total. The number of aromatic nitrogens is 2. The summed E-state index contributed by atoms with van der Waals surface area (Å²) in [7, 11) is 1.56. The Bertz CT molecular complexity index is 680. The van der Waals surface area contributed by atoms with Crippen LogP contribution in [0.2, 0.25) is 0 Å². The molecule has 1 atom stereocenters. The summed E-state index contributed by atoms with van der Waals surface area (Å²) in [5.74, 6) is -1.55. The van der Waals surface area contributed by atoms with E-state index in [0.29, 0.717) is 5.69 Å². The second-order valence-corrected chi connectivity index (χ2v) is 5.14. The van der Waals surface area contributed by atoms with Gasteiger partial charge in [-0.15, -0.1) is 0 Å². The Labute approximate surface area is 121 Å². The summed E-state index contributed by atoms with van der Waals surface area (Å²) in [5.41, 5.74) is 2.43. The minimum atomic E-state index is -0.930. The number of urea groups is 1. The first-order valence-corrected chi connectivity index (χ1v) is 6.57. The number of hydrogen-bond acceptors (Lipinski definition) is 3. The molecule has 0 aliphatic rings. The number of aromatic amines is 1. The molecule has 1 aromatic heterocycles. The van der Waals surface area contributed by atoms with E-state index in [4.69, 9.17) is 5.11 Å². The van der Waals surface area contributed by atoms with Gasteiger partial charge >= 0.3 is 12.0 Å². The Balaban J connectivity index is 2.13. The number of aliphatic carboxylic acids is 1. The quantitative estimate of drug-likeness (QED) is 0.802. The molecule has 0 saturated carbocycles. The molecule has 0 aliphatic heterocycles. The molecule has 0 bridgehead atoms. The van der Waals surface area contributed by atoms with Crippen LogP contribution in [0.15, 0.2) is 18.3 Å². The molecule has 21 heavy (non-hydrogen) atoms. The van der Waals surface area contributed by atoms with Crippen LogP contribution in [0.3, 0.4) is 0 Å². The lowest BCUT2D eigenvalue weighted by Gasteiger charge is -2.20. The van der Waals surface area contributed by atoms with Gasteiger partial charge in [0.15, 0.2) is 0 Å². The van der Waals surface area contributed by atoms with Crippen molar-refractivity contribution in [3.8, 4) is 0 Å². The van der Waals surface area contributed by atoms with E-state index in [1.54, 1.807) is 26.2 Å². The smallest absolute Gasteiger partial charge is 0.321 e. The lowest BCUT2D eigenvalue weighted by Crippen LogP contribution is -2.36. The van der Waals surface area contributed by atoms with Crippen molar-refractivity contribution < 1.29 is 14.7 Å². The number of fused-ring (bicyclic) bond motifs is 1. The monoisotopic (exact) mass is 290 g/mol. The Hall–Kier alpha value is -2.57. The summed E-state index contributed by atoms with van der Waals surface area (Å²) in [5, 5.41) is 19.4. The highest BCUT2D eigenvalue weighted by molar-refractivity contribution is 6.00. The van der Waals surface area contributed by atoms with E-state index >= 15 is 0 Å². The minimum Gasteiger partial charge on any atom is -0.481 e. The number of aryl methyl sites for hydroxylation is 1. The number of carboxylic acids is 1. The van der Waals surface area contributed by atoms with E-state index in [1.165, 1.54) is 4.90 Å². The summed E-state index contributed by atoms with van der Waals surface area (Å²) < 4.78 is 0. The molecule has 112 valence electrons. The van der Waals surface area contributed by atoms with Gasteiger partial charge in [0.2, 0.25) is 0 Å². The first kappa shape index (κ1) is 14.8. The number of rotatable bonds is 4. The van der Waals surface area contributed by atoms with Crippen molar-refractivity contribution in [3.05, 3.63) is 23.9 Å². The van der Waals surface area contributed by atoms with Gasteiger partial charge in [0.05, 0.1) is 23.3 Å². The maximum atomic E-state index is 12.1. The van der Waals surface area contributed by atoms with Gasteiger partial charge in [-0.05, 0) is 18.6 Å². The fraction of sp³-hybridized carbons (Fsp3) is 0.357. The standard InChI is InChI=1S/C14H18N4O3/c1-8-4-5-11(12-10(8)6-15-17-12)16-14(21)18(3)7-9(2)13(19)20/h4-6,9H,7H2,1-3H3,(H,15,17)(H,16,21)(H,19,20). The number of carbonyl (C=O) groups excluding carboxylic acids is 1. The van der Waals surface area contributed by atoms with Crippen molar-refractivity contribution in [2.45, 2.75) is 13.8 Å². The molecule has 0 saturated heterocycles. The summed E-state index contributed by atoms with van der Waals surface area (Å²) in [6.45, 7) is 3.66. The predicted octanol–water partition coefficient (Wildman–Crippen LogP) is 2.06. The molecule has 7 heteroatoms. The number of carboxylic acid groups (broad SMARTS) is 1. The molecule has 0 spiro atoms. The molecule has 3 N–H and O–H groups in total. The lowest BCUT2D eigenvalue weighted by atomic mass is 10.1. The Morgan fingerprint density at radius 1 is 1.48 bits per heavy atom. The van der Waals surface area contributed by atoms with E-state index in [0.717, 1.165) is 16.5 Å². The molecule has 1 unspecified atom stereocenters. The van der Waals surface area contributed by atoms with E-state index in [2.05, 4.69) is 15.5 Å². The number of carbonyl (C=O) groups is 2. The van der Waals surface area contributed by atoms with Crippen molar-refractivity contribution >= 4 is 28.6 Å². The van der Waals surface area contributed by atoms with Crippen LogP contribution >= 0.6 is 0 Å². The van der Waals surface area contributed by atoms with Crippen LogP contribution in [0.4, 0.5) is 10.5 Å². The Morgan fingerprint density at radius 3 is 2.86 bits per heavy atom. The third kappa shape index (κ3) is 3.13. The van der Waals surface area contributed by atoms with E-state index in [-0.39, 0.29) is 12.6 Å².